The van der Waals surface area contributed by atoms with E-state index in [9.17, 15) is 10.1 Å². The predicted molar refractivity (Wildman–Crippen MR) is 148 cm³/mol. The molecule has 1 saturated carbocycles. The summed E-state index contributed by atoms with van der Waals surface area (Å²) in [4.78, 5) is 14.4. The number of carbonyl (C=O) groups excluding carboxylic acids is 1. The third-order valence-electron chi connectivity index (χ3n) is 7.42. The molecule has 0 radical (unpaired) electrons. The Morgan fingerprint density at radius 2 is 1.17 bits per heavy atom. The van der Waals surface area contributed by atoms with Crippen molar-refractivity contribution in [2.45, 2.75) is 31.8 Å². The van der Waals surface area contributed by atoms with Crippen LogP contribution in [0.5, 0.6) is 0 Å². The minimum atomic E-state index is -2.77. The summed E-state index contributed by atoms with van der Waals surface area (Å²) in [6.45, 7) is 3.92. The van der Waals surface area contributed by atoms with Crippen LogP contribution in [0.4, 0.5) is 5.69 Å². The monoisotopic (exact) mass is 476 g/mol. The van der Waals surface area contributed by atoms with Crippen molar-refractivity contribution in [3.63, 3.8) is 0 Å². The SMILES string of the molecule is Cc1cc(C#N)cc(C)c1NC(=O)C1([PH](c2ccccc2)(c2ccccc2)c2ccccc2)CC1. The van der Waals surface area contributed by atoms with E-state index in [0.29, 0.717) is 5.56 Å². The Morgan fingerprint density at radius 1 is 0.771 bits per heavy atom. The summed E-state index contributed by atoms with van der Waals surface area (Å²) in [5.74, 6) is 0.0802. The molecule has 0 aliphatic heterocycles. The molecule has 1 aliphatic carbocycles. The zero-order chi connectivity index (χ0) is 24.5. The quantitative estimate of drug-likeness (QED) is 0.380. The fourth-order valence-electron chi connectivity index (χ4n) is 5.75. The minimum absolute atomic E-state index is 0.0802. The first-order chi connectivity index (χ1) is 17.0. The number of nitrogens with one attached hydrogen (secondary N) is 1. The number of hydrogen-bond donors (Lipinski definition) is 1. The topological polar surface area (TPSA) is 52.9 Å². The van der Waals surface area contributed by atoms with Crippen molar-refractivity contribution in [2.24, 2.45) is 0 Å². The van der Waals surface area contributed by atoms with Crippen molar-refractivity contribution >= 4 is 34.8 Å². The summed E-state index contributed by atoms with van der Waals surface area (Å²) in [6, 6.07) is 37.8. The molecular formula is C31H29N2OP. The zero-order valence-corrected chi connectivity index (χ0v) is 21.1. The predicted octanol–water partition coefficient (Wildman–Crippen LogP) is 5.37. The molecule has 5 rings (SSSR count). The summed E-state index contributed by atoms with van der Waals surface area (Å²) in [7, 11) is -2.77. The van der Waals surface area contributed by atoms with E-state index in [0.717, 1.165) is 29.7 Å². The molecule has 0 bridgehead atoms. The van der Waals surface area contributed by atoms with Crippen molar-refractivity contribution < 1.29 is 4.79 Å². The average molecular weight is 477 g/mol. The van der Waals surface area contributed by atoms with Crippen LogP contribution >= 0.6 is 7.26 Å². The van der Waals surface area contributed by atoms with Crippen LogP contribution in [0.25, 0.3) is 0 Å². The maximum absolute atomic E-state index is 14.4. The number of nitriles is 1. The van der Waals surface area contributed by atoms with Crippen molar-refractivity contribution in [2.75, 3.05) is 5.32 Å². The number of carbonyl (C=O) groups is 1. The molecule has 0 saturated heterocycles. The van der Waals surface area contributed by atoms with Gasteiger partial charge in [0.25, 0.3) is 0 Å². The fourth-order valence-corrected chi connectivity index (χ4v) is 11.8. The van der Waals surface area contributed by atoms with E-state index in [1.165, 1.54) is 15.9 Å². The number of amides is 1. The molecule has 0 unspecified atom stereocenters. The number of rotatable bonds is 6. The summed E-state index contributed by atoms with van der Waals surface area (Å²) in [6.07, 6.45) is 1.69. The van der Waals surface area contributed by atoms with Crippen LogP contribution in [0.2, 0.25) is 0 Å². The summed E-state index contributed by atoms with van der Waals surface area (Å²) < 4.78 is 0. The number of benzene rings is 4. The van der Waals surface area contributed by atoms with E-state index in [1.807, 2.05) is 44.2 Å². The Kier molecular flexibility index (Phi) is 6.01. The number of nitrogens with zero attached hydrogens (tertiary/aromatic N) is 1. The second kappa shape index (κ2) is 9.14. The van der Waals surface area contributed by atoms with Gasteiger partial charge in [0.2, 0.25) is 0 Å². The second-order valence-electron chi connectivity index (χ2n) is 9.48. The average Bonchev–Trinajstić information content (AvgIpc) is 3.71. The van der Waals surface area contributed by atoms with Crippen LogP contribution in [0.3, 0.4) is 0 Å². The number of hydrogen-bond acceptors (Lipinski definition) is 2. The number of anilines is 1. The maximum atomic E-state index is 14.4. The molecule has 4 aromatic carbocycles. The normalized spacial score (nSPS) is 14.5. The molecule has 0 aromatic heterocycles. The molecule has 4 aromatic rings. The van der Waals surface area contributed by atoms with Gasteiger partial charge in [0, 0.05) is 0 Å². The van der Waals surface area contributed by atoms with E-state index < -0.39 is 12.4 Å². The van der Waals surface area contributed by atoms with Crippen molar-refractivity contribution in [3.8, 4) is 6.07 Å². The van der Waals surface area contributed by atoms with Crippen LogP contribution in [0.15, 0.2) is 103 Å². The van der Waals surface area contributed by atoms with E-state index in [4.69, 9.17) is 0 Å². The number of aryl methyl sites for hydroxylation is 2. The van der Waals surface area contributed by atoms with Crippen LogP contribution in [0.1, 0.15) is 29.5 Å². The van der Waals surface area contributed by atoms with E-state index in [-0.39, 0.29) is 5.91 Å². The Hall–Kier alpha value is -3.73. The Morgan fingerprint density at radius 3 is 1.51 bits per heavy atom. The van der Waals surface area contributed by atoms with E-state index >= 15 is 0 Å². The summed E-state index contributed by atoms with van der Waals surface area (Å²) in [5, 5.41) is 15.9. The van der Waals surface area contributed by atoms with Gasteiger partial charge in [-0.3, -0.25) is 0 Å². The van der Waals surface area contributed by atoms with Crippen LogP contribution in [-0.4, -0.2) is 11.1 Å². The Labute approximate surface area is 207 Å². The Bertz CT molecular complexity index is 1290. The molecule has 4 heteroatoms. The van der Waals surface area contributed by atoms with Gasteiger partial charge in [-0.2, -0.15) is 0 Å². The molecule has 3 nitrogen and oxygen atoms in total. The molecule has 1 N–H and O–H groups in total. The van der Waals surface area contributed by atoms with Gasteiger partial charge in [-0.1, -0.05) is 0 Å². The van der Waals surface area contributed by atoms with Gasteiger partial charge in [0.15, 0.2) is 0 Å². The van der Waals surface area contributed by atoms with Crippen LogP contribution in [-0.2, 0) is 4.79 Å². The van der Waals surface area contributed by atoms with Gasteiger partial charge >= 0.3 is 208 Å². The molecule has 0 atom stereocenters. The van der Waals surface area contributed by atoms with Gasteiger partial charge in [-0.05, 0) is 0 Å². The second-order valence-corrected chi connectivity index (χ2v) is 13.7. The molecule has 1 amide bonds. The molecule has 0 spiro atoms. The van der Waals surface area contributed by atoms with Gasteiger partial charge in [0.1, 0.15) is 0 Å². The van der Waals surface area contributed by atoms with Gasteiger partial charge in [-0.15, -0.1) is 0 Å². The first-order valence-electron chi connectivity index (χ1n) is 12.0. The van der Waals surface area contributed by atoms with E-state index in [2.05, 4.69) is 84.2 Å². The van der Waals surface area contributed by atoms with Crippen molar-refractivity contribution in [1.82, 2.24) is 0 Å². The van der Waals surface area contributed by atoms with Gasteiger partial charge in [0.05, 0.1) is 0 Å². The third-order valence-corrected chi connectivity index (χ3v) is 13.2. The van der Waals surface area contributed by atoms with Crippen LogP contribution in [0, 0.1) is 25.2 Å². The fraction of sp³-hybridized carbons (Fsp3) is 0.161. The molecule has 1 fully saturated rings. The van der Waals surface area contributed by atoms with Crippen molar-refractivity contribution in [3.05, 3.63) is 120 Å². The van der Waals surface area contributed by atoms with E-state index in [1.54, 1.807) is 0 Å². The summed E-state index contributed by atoms with van der Waals surface area (Å²) in [5.41, 5.74) is 3.26. The first-order valence-corrected chi connectivity index (χ1v) is 14.0. The first kappa shape index (κ1) is 23.0. The van der Waals surface area contributed by atoms with Gasteiger partial charge in [-0.25, -0.2) is 0 Å². The molecule has 1 aliphatic rings. The molecular weight excluding hydrogens is 447 g/mol. The molecule has 0 heterocycles. The zero-order valence-electron chi connectivity index (χ0n) is 20.1. The third kappa shape index (κ3) is 3.75. The summed E-state index contributed by atoms with van der Waals surface area (Å²) >= 11 is 0. The molecule has 174 valence electrons. The van der Waals surface area contributed by atoms with Crippen molar-refractivity contribution in [1.29, 1.82) is 5.26 Å². The Balaban J connectivity index is 1.72. The molecule has 35 heavy (non-hydrogen) atoms. The standard InChI is InChI=1S/C31H29N2OP/c1-23-20-25(22-32)21-24(2)29(23)33-30(34)31(18-19-31)35(26-12-6-3-7-13-26,27-14-8-4-9-15-27)28-16-10-5-11-17-28/h3-17,20-21,35H,18-19H2,1-2H3,(H,33,34). The van der Waals surface area contributed by atoms with Gasteiger partial charge < -0.3 is 0 Å². The van der Waals surface area contributed by atoms with Crippen LogP contribution < -0.4 is 21.2 Å².